The van der Waals surface area contributed by atoms with E-state index in [2.05, 4.69) is 15.9 Å². The molecular formula is C8H7BrF3N. The Bertz CT molecular complexity index is 317. The lowest BCUT2D eigenvalue weighted by Gasteiger charge is -2.09. The fraction of sp³-hybridized carbons (Fsp3) is 0.250. The van der Waals surface area contributed by atoms with Crippen LogP contribution in [-0.4, -0.2) is 6.67 Å². The molecule has 0 spiro atoms. The molecule has 0 aliphatic heterocycles. The molecule has 1 rings (SSSR count). The van der Waals surface area contributed by atoms with Gasteiger partial charge in [0.1, 0.15) is 18.3 Å². The zero-order chi connectivity index (χ0) is 10.0. The van der Waals surface area contributed by atoms with Crippen molar-refractivity contribution in [3.05, 3.63) is 33.8 Å². The molecule has 1 atom stereocenters. The number of rotatable bonds is 2. The standard InChI is InChI=1S/C8H7BrF3N/c9-5-2-6(11)4(1-7(5)12)8(13)3-10/h1-2,8H,3,13H2. The summed E-state index contributed by atoms with van der Waals surface area (Å²) in [6, 6.07) is 0.715. The summed E-state index contributed by atoms with van der Waals surface area (Å²) in [7, 11) is 0. The second-order valence-corrected chi connectivity index (χ2v) is 3.40. The Balaban J connectivity index is 3.15. The van der Waals surface area contributed by atoms with E-state index >= 15 is 0 Å². The quantitative estimate of drug-likeness (QED) is 0.807. The molecule has 0 fully saturated rings. The van der Waals surface area contributed by atoms with Crippen molar-refractivity contribution in [3.63, 3.8) is 0 Å². The molecular weight excluding hydrogens is 247 g/mol. The smallest absolute Gasteiger partial charge is 0.137 e. The average molecular weight is 254 g/mol. The monoisotopic (exact) mass is 253 g/mol. The molecule has 0 bridgehead atoms. The van der Waals surface area contributed by atoms with E-state index < -0.39 is 24.4 Å². The molecule has 1 aromatic rings. The summed E-state index contributed by atoms with van der Waals surface area (Å²) in [5.74, 6) is -1.36. The van der Waals surface area contributed by atoms with Gasteiger partial charge in [-0.3, -0.25) is 0 Å². The molecule has 72 valence electrons. The van der Waals surface area contributed by atoms with Gasteiger partial charge in [-0.05, 0) is 28.1 Å². The van der Waals surface area contributed by atoms with Gasteiger partial charge in [-0.2, -0.15) is 0 Å². The van der Waals surface area contributed by atoms with Gasteiger partial charge in [-0.1, -0.05) is 0 Å². The highest BCUT2D eigenvalue weighted by molar-refractivity contribution is 9.10. The van der Waals surface area contributed by atoms with E-state index in [0.29, 0.717) is 0 Å². The van der Waals surface area contributed by atoms with Crippen molar-refractivity contribution in [2.75, 3.05) is 6.67 Å². The topological polar surface area (TPSA) is 26.0 Å². The van der Waals surface area contributed by atoms with Gasteiger partial charge >= 0.3 is 0 Å². The highest BCUT2D eigenvalue weighted by Crippen LogP contribution is 2.23. The van der Waals surface area contributed by atoms with E-state index in [4.69, 9.17) is 5.73 Å². The predicted molar refractivity (Wildman–Crippen MR) is 47.0 cm³/mol. The van der Waals surface area contributed by atoms with Crippen LogP contribution in [0.3, 0.4) is 0 Å². The van der Waals surface area contributed by atoms with Crippen LogP contribution in [0.15, 0.2) is 16.6 Å². The number of hydrogen-bond donors (Lipinski definition) is 1. The minimum Gasteiger partial charge on any atom is -0.322 e. The van der Waals surface area contributed by atoms with Crippen LogP contribution < -0.4 is 5.73 Å². The minimum absolute atomic E-state index is 0.000178. The number of nitrogens with two attached hydrogens (primary N) is 1. The Hall–Kier alpha value is -0.550. The summed E-state index contributed by atoms with van der Waals surface area (Å²) in [5, 5.41) is 0. The van der Waals surface area contributed by atoms with Crippen molar-refractivity contribution in [1.82, 2.24) is 0 Å². The minimum atomic E-state index is -1.11. The first-order valence-corrected chi connectivity index (χ1v) is 4.31. The molecule has 0 heterocycles. The van der Waals surface area contributed by atoms with E-state index in [1.54, 1.807) is 0 Å². The summed E-state index contributed by atoms with van der Waals surface area (Å²) in [5.41, 5.74) is 5.07. The Labute approximate surface area is 81.9 Å². The second-order valence-electron chi connectivity index (χ2n) is 2.55. The van der Waals surface area contributed by atoms with Crippen LogP contribution in [0.25, 0.3) is 0 Å². The van der Waals surface area contributed by atoms with Crippen LogP contribution in [0.2, 0.25) is 0 Å². The summed E-state index contributed by atoms with van der Waals surface area (Å²) in [6.45, 7) is -0.919. The lowest BCUT2D eigenvalue weighted by atomic mass is 10.1. The van der Waals surface area contributed by atoms with Crippen molar-refractivity contribution >= 4 is 15.9 Å². The van der Waals surface area contributed by atoms with Crippen molar-refractivity contribution in [3.8, 4) is 0 Å². The third-order valence-electron chi connectivity index (χ3n) is 1.61. The molecule has 0 aliphatic carbocycles. The summed E-state index contributed by atoms with van der Waals surface area (Å²) >= 11 is 2.80. The van der Waals surface area contributed by atoms with E-state index in [9.17, 15) is 13.2 Å². The number of alkyl halides is 1. The number of benzene rings is 1. The Morgan fingerprint density at radius 3 is 2.46 bits per heavy atom. The lowest BCUT2D eigenvalue weighted by molar-refractivity contribution is 0.424. The van der Waals surface area contributed by atoms with Crippen molar-refractivity contribution in [2.45, 2.75) is 6.04 Å². The summed E-state index contributed by atoms with van der Waals surface area (Å²) in [6.07, 6.45) is 0. The van der Waals surface area contributed by atoms with Gasteiger partial charge in [-0.25, -0.2) is 13.2 Å². The van der Waals surface area contributed by atoms with E-state index in [-0.39, 0.29) is 10.0 Å². The maximum Gasteiger partial charge on any atom is 0.137 e. The second kappa shape index (κ2) is 4.11. The molecule has 5 heteroatoms. The Morgan fingerprint density at radius 1 is 1.31 bits per heavy atom. The molecule has 0 amide bonds. The van der Waals surface area contributed by atoms with Gasteiger partial charge in [-0.15, -0.1) is 0 Å². The van der Waals surface area contributed by atoms with E-state index in [1.807, 2.05) is 0 Å². The molecule has 1 unspecified atom stereocenters. The molecule has 2 N–H and O–H groups in total. The average Bonchev–Trinajstić information content (AvgIpc) is 2.10. The molecule has 0 aliphatic rings. The fourth-order valence-corrected chi connectivity index (χ4v) is 1.22. The molecule has 0 saturated heterocycles. The first kappa shape index (κ1) is 10.5. The summed E-state index contributed by atoms with van der Waals surface area (Å²) < 4.78 is 37.9. The van der Waals surface area contributed by atoms with Crippen LogP contribution in [0, 0.1) is 11.6 Å². The van der Waals surface area contributed by atoms with E-state index in [0.717, 1.165) is 12.1 Å². The highest BCUT2D eigenvalue weighted by Gasteiger charge is 2.14. The SMILES string of the molecule is NC(CF)c1cc(F)c(Br)cc1F. The predicted octanol–water partition coefficient (Wildman–Crippen LogP) is 2.70. The number of hydrogen-bond acceptors (Lipinski definition) is 1. The lowest BCUT2D eigenvalue weighted by Crippen LogP contribution is -2.14. The van der Waals surface area contributed by atoms with Crippen LogP contribution in [0.5, 0.6) is 0 Å². The van der Waals surface area contributed by atoms with Gasteiger partial charge in [0.05, 0.1) is 10.5 Å². The summed E-state index contributed by atoms with van der Waals surface area (Å²) in [4.78, 5) is 0. The maximum absolute atomic E-state index is 13.0. The van der Waals surface area contributed by atoms with Crippen LogP contribution >= 0.6 is 15.9 Å². The fourth-order valence-electron chi connectivity index (χ4n) is 0.905. The Morgan fingerprint density at radius 2 is 1.92 bits per heavy atom. The largest absolute Gasteiger partial charge is 0.322 e. The third-order valence-corrected chi connectivity index (χ3v) is 2.21. The maximum atomic E-state index is 13.0. The van der Waals surface area contributed by atoms with Gasteiger partial charge in [0, 0.05) is 5.56 Å². The van der Waals surface area contributed by atoms with Gasteiger partial charge in [0.25, 0.3) is 0 Å². The third kappa shape index (κ3) is 2.22. The molecule has 0 radical (unpaired) electrons. The first-order valence-electron chi connectivity index (χ1n) is 3.52. The molecule has 13 heavy (non-hydrogen) atoms. The zero-order valence-corrected chi connectivity index (χ0v) is 8.11. The van der Waals surface area contributed by atoms with Gasteiger partial charge in [0.2, 0.25) is 0 Å². The number of halogens is 4. The highest BCUT2D eigenvalue weighted by atomic mass is 79.9. The molecule has 0 saturated carbocycles. The van der Waals surface area contributed by atoms with Crippen molar-refractivity contribution < 1.29 is 13.2 Å². The van der Waals surface area contributed by atoms with Gasteiger partial charge in [0.15, 0.2) is 0 Å². The van der Waals surface area contributed by atoms with Crippen LogP contribution in [0.1, 0.15) is 11.6 Å². The van der Waals surface area contributed by atoms with Crippen molar-refractivity contribution in [2.24, 2.45) is 5.73 Å². The van der Waals surface area contributed by atoms with E-state index in [1.165, 1.54) is 0 Å². The molecule has 1 nitrogen and oxygen atoms in total. The normalized spacial score (nSPS) is 13.0. The first-order chi connectivity index (χ1) is 6.06. The Kier molecular flexibility index (Phi) is 3.33. The van der Waals surface area contributed by atoms with Gasteiger partial charge < -0.3 is 5.73 Å². The zero-order valence-electron chi connectivity index (χ0n) is 6.53. The van der Waals surface area contributed by atoms with Crippen LogP contribution in [0.4, 0.5) is 13.2 Å². The molecule has 0 aromatic heterocycles. The molecule has 1 aromatic carbocycles. The van der Waals surface area contributed by atoms with Crippen LogP contribution in [-0.2, 0) is 0 Å². The van der Waals surface area contributed by atoms with Crippen molar-refractivity contribution in [1.29, 1.82) is 0 Å².